The first-order valence-corrected chi connectivity index (χ1v) is 5.97. The molecule has 2 aromatic rings. The normalized spacial score (nSPS) is 10.4. The lowest BCUT2D eigenvalue weighted by molar-refractivity contribution is 0.376. The predicted octanol–water partition coefficient (Wildman–Crippen LogP) is 2.08. The molecule has 0 N–H and O–H groups in total. The lowest BCUT2D eigenvalue weighted by atomic mass is 10.2. The molecular formula is C12H13ClN4O. The molecule has 0 spiro atoms. The minimum Gasteiger partial charge on any atom is -0.467 e. The molecule has 2 heterocycles. The highest BCUT2D eigenvalue weighted by molar-refractivity contribution is 6.28. The third-order valence-electron chi connectivity index (χ3n) is 2.45. The first kappa shape index (κ1) is 12.7. The summed E-state index contributed by atoms with van der Waals surface area (Å²) in [4.78, 5) is 16.3. The summed E-state index contributed by atoms with van der Waals surface area (Å²) < 4.78 is 4.94. The molecule has 0 aliphatic rings. The number of hydrogen-bond donors (Lipinski definition) is 0. The average molecular weight is 265 g/mol. The van der Waals surface area contributed by atoms with Crippen LogP contribution >= 0.6 is 11.6 Å². The lowest BCUT2D eigenvalue weighted by Crippen LogP contribution is -2.03. The van der Waals surface area contributed by atoms with Crippen molar-refractivity contribution >= 4 is 11.6 Å². The maximum absolute atomic E-state index is 5.78. The van der Waals surface area contributed by atoms with Crippen LogP contribution in [0.3, 0.4) is 0 Å². The van der Waals surface area contributed by atoms with Crippen LogP contribution in [0.1, 0.15) is 24.0 Å². The first-order valence-electron chi connectivity index (χ1n) is 5.59. The second-order valence-electron chi connectivity index (χ2n) is 3.70. The van der Waals surface area contributed by atoms with Crippen LogP contribution in [-0.2, 0) is 12.8 Å². The van der Waals surface area contributed by atoms with E-state index in [2.05, 4.69) is 26.9 Å². The minimum absolute atomic E-state index is 0.127. The summed E-state index contributed by atoms with van der Waals surface area (Å²) in [6.45, 7) is 2.09. The van der Waals surface area contributed by atoms with Crippen molar-refractivity contribution in [2.45, 2.75) is 19.8 Å². The zero-order valence-electron chi connectivity index (χ0n) is 10.2. The Morgan fingerprint density at radius 1 is 1.22 bits per heavy atom. The van der Waals surface area contributed by atoms with Crippen molar-refractivity contribution in [1.29, 1.82) is 0 Å². The monoisotopic (exact) mass is 264 g/mol. The second-order valence-corrected chi connectivity index (χ2v) is 4.03. The number of aryl methyl sites for hydroxylation is 1. The van der Waals surface area contributed by atoms with Gasteiger partial charge in [0.2, 0.25) is 5.28 Å². The van der Waals surface area contributed by atoms with Crippen molar-refractivity contribution < 1.29 is 4.74 Å². The summed E-state index contributed by atoms with van der Waals surface area (Å²) in [5.41, 5.74) is 2.08. The molecule has 2 rings (SSSR count). The Bertz CT molecular complexity index is 530. The van der Waals surface area contributed by atoms with Crippen molar-refractivity contribution in [3.8, 4) is 6.01 Å². The Hall–Kier alpha value is -1.75. The standard InChI is InChI=1S/C12H13ClN4O/c1-3-8-4-5-9(14-7-8)6-10-15-11(13)17-12(16-10)18-2/h4-5,7H,3,6H2,1-2H3. The highest BCUT2D eigenvalue weighted by Crippen LogP contribution is 2.11. The van der Waals surface area contributed by atoms with Crippen LogP contribution in [0.2, 0.25) is 5.28 Å². The Kier molecular flexibility index (Phi) is 4.04. The van der Waals surface area contributed by atoms with Gasteiger partial charge in [-0.1, -0.05) is 13.0 Å². The van der Waals surface area contributed by atoms with Gasteiger partial charge in [-0.15, -0.1) is 0 Å². The van der Waals surface area contributed by atoms with Crippen molar-refractivity contribution in [3.63, 3.8) is 0 Å². The lowest BCUT2D eigenvalue weighted by Gasteiger charge is -2.03. The van der Waals surface area contributed by atoms with Crippen LogP contribution in [0, 0.1) is 0 Å². The predicted molar refractivity (Wildman–Crippen MR) is 67.8 cm³/mol. The summed E-state index contributed by atoms with van der Waals surface area (Å²) in [6, 6.07) is 4.22. The van der Waals surface area contributed by atoms with Gasteiger partial charge in [0.15, 0.2) is 0 Å². The van der Waals surface area contributed by atoms with Gasteiger partial charge in [-0.25, -0.2) is 4.98 Å². The van der Waals surface area contributed by atoms with Crippen molar-refractivity contribution in [3.05, 3.63) is 40.7 Å². The van der Waals surface area contributed by atoms with Crippen LogP contribution in [0.25, 0.3) is 0 Å². The SMILES string of the molecule is CCc1ccc(Cc2nc(Cl)nc(OC)n2)nc1. The van der Waals surface area contributed by atoms with Gasteiger partial charge in [-0.05, 0) is 29.7 Å². The van der Waals surface area contributed by atoms with E-state index in [-0.39, 0.29) is 11.3 Å². The molecule has 6 heteroatoms. The molecule has 0 amide bonds. The third-order valence-corrected chi connectivity index (χ3v) is 2.62. The maximum Gasteiger partial charge on any atom is 0.320 e. The van der Waals surface area contributed by atoms with Crippen molar-refractivity contribution in [2.24, 2.45) is 0 Å². The van der Waals surface area contributed by atoms with E-state index in [1.165, 1.54) is 12.7 Å². The Morgan fingerprint density at radius 3 is 2.67 bits per heavy atom. The largest absolute Gasteiger partial charge is 0.467 e. The van der Waals surface area contributed by atoms with Gasteiger partial charge in [-0.3, -0.25) is 4.98 Å². The van der Waals surface area contributed by atoms with Gasteiger partial charge in [-0.2, -0.15) is 9.97 Å². The Morgan fingerprint density at radius 2 is 2.06 bits per heavy atom. The Labute approximate surface area is 110 Å². The molecule has 5 nitrogen and oxygen atoms in total. The van der Waals surface area contributed by atoms with E-state index >= 15 is 0 Å². The number of halogens is 1. The summed E-state index contributed by atoms with van der Waals surface area (Å²) in [6.07, 6.45) is 3.33. The number of rotatable bonds is 4. The quantitative estimate of drug-likeness (QED) is 0.846. The number of nitrogens with zero attached hydrogens (tertiary/aromatic N) is 4. The maximum atomic E-state index is 5.78. The van der Waals surface area contributed by atoms with Gasteiger partial charge in [0, 0.05) is 11.9 Å². The summed E-state index contributed by atoms with van der Waals surface area (Å²) in [5, 5.41) is 0.127. The average Bonchev–Trinajstić information content (AvgIpc) is 2.39. The topological polar surface area (TPSA) is 60.8 Å². The smallest absolute Gasteiger partial charge is 0.320 e. The zero-order valence-corrected chi connectivity index (χ0v) is 11.0. The molecule has 0 radical (unpaired) electrons. The van der Waals surface area contributed by atoms with Crippen LogP contribution in [0.4, 0.5) is 0 Å². The number of aromatic nitrogens is 4. The number of methoxy groups -OCH3 is 1. The van der Waals surface area contributed by atoms with Crippen molar-refractivity contribution in [1.82, 2.24) is 19.9 Å². The molecule has 0 fully saturated rings. The number of ether oxygens (including phenoxy) is 1. The molecular weight excluding hydrogens is 252 g/mol. The van der Waals surface area contributed by atoms with E-state index in [4.69, 9.17) is 16.3 Å². The van der Waals surface area contributed by atoms with E-state index < -0.39 is 0 Å². The van der Waals surface area contributed by atoms with Gasteiger partial charge in [0.1, 0.15) is 5.82 Å². The third kappa shape index (κ3) is 3.13. The van der Waals surface area contributed by atoms with Crippen LogP contribution in [0.5, 0.6) is 6.01 Å². The van der Waals surface area contributed by atoms with E-state index in [0.29, 0.717) is 12.2 Å². The van der Waals surface area contributed by atoms with Gasteiger partial charge >= 0.3 is 6.01 Å². The van der Waals surface area contributed by atoms with Crippen molar-refractivity contribution in [2.75, 3.05) is 7.11 Å². The molecule has 0 aliphatic carbocycles. The van der Waals surface area contributed by atoms with Crippen LogP contribution < -0.4 is 4.74 Å². The fourth-order valence-electron chi connectivity index (χ4n) is 1.47. The molecule has 2 aromatic heterocycles. The molecule has 18 heavy (non-hydrogen) atoms. The molecule has 0 atom stereocenters. The van der Waals surface area contributed by atoms with Gasteiger partial charge < -0.3 is 4.74 Å². The highest BCUT2D eigenvalue weighted by Gasteiger charge is 2.06. The molecule has 0 saturated heterocycles. The molecule has 94 valence electrons. The number of hydrogen-bond acceptors (Lipinski definition) is 5. The van der Waals surface area contributed by atoms with E-state index in [0.717, 1.165) is 12.1 Å². The Balaban J connectivity index is 2.19. The summed E-state index contributed by atoms with van der Waals surface area (Å²) in [7, 11) is 1.49. The van der Waals surface area contributed by atoms with Crippen LogP contribution in [0.15, 0.2) is 18.3 Å². The minimum atomic E-state index is 0.127. The second kappa shape index (κ2) is 5.73. The fourth-order valence-corrected chi connectivity index (χ4v) is 1.64. The molecule has 0 bridgehead atoms. The van der Waals surface area contributed by atoms with E-state index in [9.17, 15) is 0 Å². The summed E-state index contributed by atoms with van der Waals surface area (Å²) >= 11 is 5.78. The van der Waals surface area contributed by atoms with Gasteiger partial charge in [0.05, 0.1) is 13.5 Å². The van der Waals surface area contributed by atoms with Crippen LogP contribution in [-0.4, -0.2) is 27.0 Å². The highest BCUT2D eigenvalue weighted by atomic mass is 35.5. The molecule has 0 unspecified atom stereocenters. The first-order chi connectivity index (χ1) is 8.71. The zero-order chi connectivity index (χ0) is 13.0. The summed E-state index contributed by atoms with van der Waals surface area (Å²) in [5.74, 6) is 0.545. The molecule has 0 aliphatic heterocycles. The molecule has 0 saturated carbocycles. The molecule has 0 aromatic carbocycles. The van der Waals surface area contributed by atoms with E-state index in [1.54, 1.807) is 0 Å². The van der Waals surface area contributed by atoms with Gasteiger partial charge in [0.25, 0.3) is 0 Å². The number of pyridine rings is 1. The fraction of sp³-hybridized carbons (Fsp3) is 0.333. The van der Waals surface area contributed by atoms with E-state index in [1.807, 2.05) is 18.3 Å².